The molecule has 6 nitrogen and oxygen atoms in total. The van der Waals surface area contributed by atoms with Crippen LogP contribution < -0.4 is 5.32 Å². The normalized spacial score (nSPS) is 13.1. The van der Waals surface area contributed by atoms with Crippen LogP contribution in [-0.2, 0) is 9.59 Å². The Hall–Kier alpha value is -3.41. The lowest BCUT2D eigenvalue weighted by molar-refractivity contribution is -0.135. The summed E-state index contributed by atoms with van der Waals surface area (Å²) in [5.41, 5.74) is 5.00. The fourth-order valence-electron chi connectivity index (χ4n) is 3.51. The van der Waals surface area contributed by atoms with E-state index in [2.05, 4.69) is 5.32 Å². The van der Waals surface area contributed by atoms with Gasteiger partial charge in [-0.25, -0.2) is 4.98 Å². The van der Waals surface area contributed by atoms with Gasteiger partial charge in [0.2, 0.25) is 17.8 Å². The number of rotatable bonds is 7. The Balaban J connectivity index is 1.61. The van der Waals surface area contributed by atoms with Gasteiger partial charge >= 0.3 is 0 Å². The third kappa shape index (κ3) is 4.85. The van der Waals surface area contributed by atoms with E-state index in [1.165, 1.54) is 5.56 Å². The van der Waals surface area contributed by atoms with Crippen molar-refractivity contribution in [1.29, 1.82) is 0 Å². The number of carbonyl (C=O) groups is 2. The summed E-state index contributed by atoms with van der Waals surface area (Å²) in [6.45, 7) is 6.53. The smallest absolute Gasteiger partial charge is 0.246 e. The van der Waals surface area contributed by atoms with Gasteiger partial charge in [-0.15, -0.1) is 0 Å². The minimum absolute atomic E-state index is 0.0342. The van der Waals surface area contributed by atoms with Gasteiger partial charge in [0.1, 0.15) is 0 Å². The number of anilines is 1. The molecule has 1 N–H and O–H groups in total. The van der Waals surface area contributed by atoms with E-state index in [-0.39, 0.29) is 24.3 Å². The molecule has 1 aliphatic rings. The highest BCUT2D eigenvalue weighted by molar-refractivity contribution is 5.94. The molecule has 0 radical (unpaired) electrons. The van der Waals surface area contributed by atoms with Gasteiger partial charge in [0.15, 0.2) is 0 Å². The van der Waals surface area contributed by atoms with Gasteiger partial charge in [-0.05, 0) is 45.7 Å². The maximum absolute atomic E-state index is 12.8. The van der Waals surface area contributed by atoms with Crippen LogP contribution in [-0.4, -0.2) is 39.4 Å². The lowest BCUT2D eigenvalue weighted by Gasteiger charge is -2.20. The minimum atomic E-state index is -0.245. The van der Waals surface area contributed by atoms with E-state index in [1.807, 2.05) is 80.1 Å². The van der Waals surface area contributed by atoms with Crippen LogP contribution in [0.25, 0.3) is 16.9 Å². The molecule has 0 aliphatic heterocycles. The van der Waals surface area contributed by atoms with Crippen molar-refractivity contribution in [2.45, 2.75) is 33.6 Å². The molecule has 0 unspecified atom stereocenters. The third-order valence-electron chi connectivity index (χ3n) is 5.57. The first-order valence-corrected chi connectivity index (χ1v) is 10.8. The predicted octanol–water partition coefficient (Wildman–Crippen LogP) is 4.35. The molecule has 6 heteroatoms. The molecule has 2 aromatic carbocycles. The quantitative estimate of drug-likeness (QED) is 0.623. The van der Waals surface area contributed by atoms with Crippen LogP contribution >= 0.6 is 0 Å². The van der Waals surface area contributed by atoms with Crippen LogP contribution in [0.3, 0.4) is 0 Å². The zero-order chi connectivity index (χ0) is 22.0. The van der Waals surface area contributed by atoms with Crippen LogP contribution in [0.4, 0.5) is 5.95 Å². The van der Waals surface area contributed by atoms with Crippen molar-refractivity contribution in [3.8, 4) is 16.9 Å². The molecule has 1 aromatic heterocycles. The average Bonchev–Trinajstić information content (AvgIpc) is 3.54. The molecule has 0 saturated heterocycles. The van der Waals surface area contributed by atoms with Gasteiger partial charge in [-0.2, -0.15) is 0 Å². The van der Waals surface area contributed by atoms with E-state index in [9.17, 15) is 9.59 Å². The second-order valence-corrected chi connectivity index (χ2v) is 8.20. The molecule has 160 valence electrons. The van der Waals surface area contributed by atoms with Gasteiger partial charge in [-0.3, -0.25) is 19.5 Å². The first kappa shape index (κ1) is 20.8. The Labute approximate surface area is 182 Å². The Kier molecular flexibility index (Phi) is 5.89. The Morgan fingerprint density at radius 3 is 2.23 bits per heavy atom. The van der Waals surface area contributed by atoms with Crippen molar-refractivity contribution in [3.63, 3.8) is 0 Å². The molecule has 31 heavy (non-hydrogen) atoms. The summed E-state index contributed by atoms with van der Waals surface area (Å²) >= 11 is 0. The van der Waals surface area contributed by atoms with Crippen molar-refractivity contribution in [1.82, 2.24) is 14.5 Å². The number of hydrogen-bond acceptors (Lipinski definition) is 3. The topological polar surface area (TPSA) is 67.2 Å². The fourth-order valence-corrected chi connectivity index (χ4v) is 3.51. The number of carbonyl (C=O) groups excluding carboxylic acids is 2. The monoisotopic (exact) mass is 416 g/mol. The molecular weight excluding hydrogens is 388 g/mol. The van der Waals surface area contributed by atoms with Crippen molar-refractivity contribution < 1.29 is 9.59 Å². The molecule has 1 aliphatic carbocycles. The van der Waals surface area contributed by atoms with Gasteiger partial charge in [0.25, 0.3) is 0 Å². The molecule has 4 rings (SSSR count). The first-order chi connectivity index (χ1) is 14.9. The van der Waals surface area contributed by atoms with Gasteiger partial charge < -0.3 is 4.90 Å². The van der Waals surface area contributed by atoms with Crippen LogP contribution in [0, 0.1) is 19.8 Å². The second-order valence-electron chi connectivity index (χ2n) is 8.20. The summed E-state index contributed by atoms with van der Waals surface area (Å²) in [7, 11) is 0. The summed E-state index contributed by atoms with van der Waals surface area (Å²) < 4.78 is 1.88. The Morgan fingerprint density at radius 2 is 1.65 bits per heavy atom. The number of imidazole rings is 1. The number of amides is 2. The summed E-state index contributed by atoms with van der Waals surface area (Å²) in [6.07, 6.45) is 3.78. The number of aryl methyl sites for hydroxylation is 2. The third-order valence-corrected chi connectivity index (χ3v) is 5.57. The summed E-state index contributed by atoms with van der Waals surface area (Å²) in [5.74, 6) is 0.361. The molecule has 3 aromatic rings. The van der Waals surface area contributed by atoms with E-state index >= 15 is 0 Å². The van der Waals surface area contributed by atoms with Crippen molar-refractivity contribution >= 4 is 17.8 Å². The van der Waals surface area contributed by atoms with Gasteiger partial charge in [0.05, 0.1) is 12.2 Å². The average molecular weight is 417 g/mol. The van der Waals surface area contributed by atoms with E-state index in [0.29, 0.717) is 12.5 Å². The number of aromatic nitrogens is 2. The molecular formula is C25H28N4O2. The van der Waals surface area contributed by atoms with E-state index in [4.69, 9.17) is 4.98 Å². The zero-order valence-corrected chi connectivity index (χ0v) is 18.3. The lowest BCUT2D eigenvalue weighted by Crippen LogP contribution is -2.39. The molecule has 0 spiro atoms. The Morgan fingerprint density at radius 1 is 1.03 bits per heavy atom. The molecule has 1 saturated carbocycles. The SMILES string of the molecule is CCN(CC(=O)Nc1nc(-c2ccc(C)cc2)cn1-c1ccc(C)cc1)C(=O)C1CC1. The minimum Gasteiger partial charge on any atom is -0.333 e. The molecule has 0 bridgehead atoms. The number of hydrogen-bond donors (Lipinski definition) is 1. The van der Waals surface area contributed by atoms with Crippen LogP contribution in [0.2, 0.25) is 0 Å². The highest BCUT2D eigenvalue weighted by Gasteiger charge is 2.33. The van der Waals surface area contributed by atoms with Crippen molar-refractivity contribution in [2.75, 3.05) is 18.4 Å². The second kappa shape index (κ2) is 8.76. The number of likely N-dealkylation sites (N-methyl/N-ethyl adjacent to an activating group) is 1. The maximum Gasteiger partial charge on any atom is 0.246 e. The van der Waals surface area contributed by atoms with Gasteiger partial charge in [0, 0.05) is 29.9 Å². The summed E-state index contributed by atoms with van der Waals surface area (Å²) in [6, 6.07) is 16.2. The maximum atomic E-state index is 12.8. The van der Waals surface area contributed by atoms with E-state index in [1.54, 1.807) is 4.90 Å². The van der Waals surface area contributed by atoms with Crippen LogP contribution in [0.5, 0.6) is 0 Å². The first-order valence-electron chi connectivity index (χ1n) is 10.8. The summed E-state index contributed by atoms with van der Waals surface area (Å²) in [4.78, 5) is 31.5. The predicted molar refractivity (Wildman–Crippen MR) is 122 cm³/mol. The highest BCUT2D eigenvalue weighted by Crippen LogP contribution is 2.31. The molecule has 1 fully saturated rings. The van der Waals surface area contributed by atoms with Gasteiger partial charge in [-0.1, -0.05) is 47.5 Å². The molecule has 2 amide bonds. The zero-order valence-electron chi connectivity index (χ0n) is 18.3. The number of benzene rings is 2. The fraction of sp³-hybridized carbons (Fsp3) is 0.320. The molecule has 1 heterocycles. The van der Waals surface area contributed by atoms with Crippen molar-refractivity contribution in [3.05, 3.63) is 65.9 Å². The number of nitrogens with one attached hydrogen (secondary N) is 1. The van der Waals surface area contributed by atoms with Crippen LogP contribution in [0.15, 0.2) is 54.7 Å². The largest absolute Gasteiger partial charge is 0.333 e. The van der Waals surface area contributed by atoms with E-state index in [0.717, 1.165) is 35.3 Å². The van der Waals surface area contributed by atoms with E-state index < -0.39 is 0 Å². The molecule has 0 atom stereocenters. The van der Waals surface area contributed by atoms with Crippen LogP contribution in [0.1, 0.15) is 30.9 Å². The Bertz CT molecular complexity index is 1080. The van der Waals surface area contributed by atoms with Crippen molar-refractivity contribution in [2.24, 2.45) is 5.92 Å². The number of nitrogens with zero attached hydrogens (tertiary/aromatic N) is 3. The standard InChI is InChI=1S/C25H28N4O2/c1-4-28(24(31)20-11-12-20)16-23(30)27-25-26-22(19-9-5-17(2)6-10-19)15-29(25)21-13-7-18(3)8-14-21/h5-10,13-15,20H,4,11-12,16H2,1-3H3,(H,26,27,30). The summed E-state index contributed by atoms with van der Waals surface area (Å²) in [5, 5.41) is 2.92. The lowest BCUT2D eigenvalue weighted by atomic mass is 10.1. The highest BCUT2D eigenvalue weighted by atomic mass is 16.2.